The van der Waals surface area contributed by atoms with Crippen LogP contribution in [0.25, 0.3) is 0 Å². The molecule has 0 amide bonds. The lowest BCUT2D eigenvalue weighted by Gasteiger charge is -2.07. The third kappa shape index (κ3) is 4.09. The number of hydrogen-bond donors (Lipinski definition) is 0. The van der Waals surface area contributed by atoms with E-state index in [4.69, 9.17) is 9.47 Å². The quantitative estimate of drug-likeness (QED) is 0.426. The zero-order chi connectivity index (χ0) is 15.8. The summed E-state index contributed by atoms with van der Waals surface area (Å²) in [5, 5.41) is 0. The lowest BCUT2D eigenvalue weighted by Crippen LogP contribution is -2.06. The Labute approximate surface area is 128 Å². The fourth-order valence-electron chi connectivity index (χ4n) is 1.87. The topological polar surface area (TPSA) is 61.8 Å². The summed E-state index contributed by atoms with van der Waals surface area (Å²) in [5.41, 5.74) is 1.16. The number of ketones is 1. The Morgan fingerprint density at radius 3 is 1.95 bits per heavy atom. The van der Waals surface area contributed by atoms with Crippen LogP contribution in [0.5, 0.6) is 11.5 Å². The zero-order valence-electron chi connectivity index (χ0n) is 12.2. The first-order valence-corrected chi connectivity index (χ1v) is 6.71. The van der Waals surface area contributed by atoms with Gasteiger partial charge in [0.15, 0.2) is 5.78 Å². The summed E-state index contributed by atoms with van der Waals surface area (Å²) in [4.78, 5) is 22.3. The summed E-state index contributed by atoms with van der Waals surface area (Å²) < 4.78 is 15.0. The van der Waals surface area contributed by atoms with Gasteiger partial charge in [-0.3, -0.25) is 9.59 Å². The Balaban J connectivity index is 1.99. The molecule has 2 rings (SSSR count). The molecule has 0 N–H and O–H groups in total. The molecule has 0 aliphatic heterocycles. The molecular weight excluding hydrogens is 284 g/mol. The highest BCUT2D eigenvalue weighted by molar-refractivity contribution is 6.09. The van der Waals surface area contributed by atoms with Gasteiger partial charge in [-0.1, -0.05) is 0 Å². The lowest BCUT2D eigenvalue weighted by molar-refractivity contribution is -0.129. The van der Waals surface area contributed by atoms with E-state index in [0.717, 1.165) is 0 Å². The molecule has 0 spiro atoms. The van der Waals surface area contributed by atoms with E-state index in [-0.39, 0.29) is 19.0 Å². The standard InChI is InChI=1S/C17H16O5/c1-20-15-6-2-13(3-7-15)17(19)14-4-8-16(9-5-14)22-11-10-21-12-18/h2-9,12H,10-11H2,1H3. The molecule has 5 heteroatoms. The number of ether oxygens (including phenoxy) is 3. The molecule has 0 unspecified atom stereocenters. The van der Waals surface area contributed by atoms with Gasteiger partial charge in [-0.05, 0) is 48.5 Å². The number of carbonyl (C=O) groups is 2. The molecule has 0 radical (unpaired) electrons. The second-order valence-electron chi connectivity index (χ2n) is 4.40. The van der Waals surface area contributed by atoms with Gasteiger partial charge in [0.25, 0.3) is 6.47 Å². The van der Waals surface area contributed by atoms with Crippen molar-refractivity contribution in [2.24, 2.45) is 0 Å². The van der Waals surface area contributed by atoms with E-state index in [1.807, 2.05) is 0 Å². The van der Waals surface area contributed by atoms with E-state index >= 15 is 0 Å². The van der Waals surface area contributed by atoms with Gasteiger partial charge in [0.05, 0.1) is 7.11 Å². The van der Waals surface area contributed by atoms with Crippen molar-refractivity contribution in [3.8, 4) is 11.5 Å². The second-order valence-corrected chi connectivity index (χ2v) is 4.40. The molecule has 2 aromatic carbocycles. The molecule has 0 heterocycles. The Morgan fingerprint density at radius 1 is 0.909 bits per heavy atom. The monoisotopic (exact) mass is 300 g/mol. The maximum atomic E-state index is 12.3. The largest absolute Gasteiger partial charge is 0.497 e. The molecule has 22 heavy (non-hydrogen) atoms. The maximum absolute atomic E-state index is 12.3. The van der Waals surface area contributed by atoms with Crippen LogP contribution in [0.2, 0.25) is 0 Å². The normalized spacial score (nSPS) is 9.86. The minimum atomic E-state index is -0.0708. The van der Waals surface area contributed by atoms with Gasteiger partial charge in [-0.25, -0.2) is 0 Å². The molecule has 0 aromatic heterocycles. The van der Waals surface area contributed by atoms with Crippen molar-refractivity contribution in [3.05, 3.63) is 59.7 Å². The minimum Gasteiger partial charge on any atom is -0.497 e. The molecule has 0 aliphatic carbocycles. The molecule has 2 aromatic rings. The molecule has 0 bridgehead atoms. The van der Waals surface area contributed by atoms with Crippen molar-refractivity contribution in [2.75, 3.05) is 20.3 Å². The average Bonchev–Trinajstić information content (AvgIpc) is 2.59. The third-order valence-electron chi connectivity index (χ3n) is 3.01. The average molecular weight is 300 g/mol. The Kier molecular flexibility index (Phi) is 5.54. The van der Waals surface area contributed by atoms with Crippen molar-refractivity contribution < 1.29 is 23.8 Å². The van der Waals surface area contributed by atoms with Crippen molar-refractivity contribution >= 4 is 12.3 Å². The van der Waals surface area contributed by atoms with Crippen LogP contribution >= 0.6 is 0 Å². The maximum Gasteiger partial charge on any atom is 0.293 e. The van der Waals surface area contributed by atoms with E-state index in [1.54, 1.807) is 55.6 Å². The van der Waals surface area contributed by atoms with Gasteiger partial charge < -0.3 is 14.2 Å². The van der Waals surface area contributed by atoms with E-state index in [9.17, 15) is 9.59 Å². The predicted molar refractivity (Wildman–Crippen MR) is 80.4 cm³/mol. The highest BCUT2D eigenvalue weighted by Crippen LogP contribution is 2.17. The van der Waals surface area contributed by atoms with Crippen LogP contribution in [-0.4, -0.2) is 32.6 Å². The predicted octanol–water partition coefficient (Wildman–Crippen LogP) is 2.48. The first-order chi connectivity index (χ1) is 10.7. The number of carbonyl (C=O) groups excluding carboxylic acids is 2. The first kappa shape index (κ1) is 15.6. The number of rotatable bonds is 8. The molecule has 0 saturated heterocycles. The van der Waals surface area contributed by atoms with Crippen molar-refractivity contribution in [1.82, 2.24) is 0 Å². The molecule has 0 atom stereocenters. The smallest absolute Gasteiger partial charge is 0.293 e. The molecular formula is C17H16O5. The molecule has 0 aliphatic rings. The van der Waals surface area contributed by atoms with Gasteiger partial charge in [0.1, 0.15) is 24.7 Å². The highest BCUT2D eigenvalue weighted by Gasteiger charge is 2.09. The molecule has 0 saturated carbocycles. The van der Waals surface area contributed by atoms with Gasteiger partial charge >= 0.3 is 0 Å². The Hall–Kier alpha value is -2.82. The van der Waals surface area contributed by atoms with E-state index in [2.05, 4.69) is 4.74 Å². The van der Waals surface area contributed by atoms with Gasteiger partial charge in [-0.2, -0.15) is 0 Å². The first-order valence-electron chi connectivity index (χ1n) is 6.71. The Bertz CT molecular complexity index is 617. The van der Waals surface area contributed by atoms with Gasteiger partial charge in [0, 0.05) is 11.1 Å². The summed E-state index contributed by atoms with van der Waals surface area (Å²) in [6.07, 6.45) is 0. The van der Waals surface area contributed by atoms with Gasteiger partial charge in [-0.15, -0.1) is 0 Å². The number of methoxy groups -OCH3 is 1. The van der Waals surface area contributed by atoms with E-state index in [0.29, 0.717) is 29.1 Å². The summed E-state index contributed by atoms with van der Waals surface area (Å²) >= 11 is 0. The summed E-state index contributed by atoms with van der Waals surface area (Å²) in [6.45, 7) is 0.834. The number of benzene rings is 2. The zero-order valence-corrected chi connectivity index (χ0v) is 12.2. The van der Waals surface area contributed by atoms with Crippen LogP contribution in [0.15, 0.2) is 48.5 Å². The van der Waals surface area contributed by atoms with Crippen LogP contribution in [0.3, 0.4) is 0 Å². The minimum absolute atomic E-state index is 0.0708. The number of hydrogen-bond acceptors (Lipinski definition) is 5. The SMILES string of the molecule is COc1ccc(C(=O)c2ccc(OCCOC=O)cc2)cc1. The van der Waals surface area contributed by atoms with E-state index < -0.39 is 0 Å². The van der Waals surface area contributed by atoms with Crippen LogP contribution in [0.1, 0.15) is 15.9 Å². The van der Waals surface area contributed by atoms with Crippen LogP contribution < -0.4 is 9.47 Å². The molecule has 5 nitrogen and oxygen atoms in total. The fourth-order valence-corrected chi connectivity index (χ4v) is 1.87. The summed E-state index contributed by atoms with van der Waals surface area (Å²) in [6, 6.07) is 13.8. The van der Waals surface area contributed by atoms with Gasteiger partial charge in [0.2, 0.25) is 0 Å². The van der Waals surface area contributed by atoms with E-state index in [1.165, 1.54) is 0 Å². The summed E-state index contributed by atoms with van der Waals surface area (Å²) in [7, 11) is 1.58. The third-order valence-corrected chi connectivity index (χ3v) is 3.01. The molecule has 114 valence electrons. The lowest BCUT2D eigenvalue weighted by atomic mass is 10.0. The fraction of sp³-hybridized carbons (Fsp3) is 0.176. The Morgan fingerprint density at radius 2 is 1.45 bits per heavy atom. The molecule has 0 fully saturated rings. The van der Waals surface area contributed by atoms with Crippen molar-refractivity contribution in [2.45, 2.75) is 0 Å². The highest BCUT2D eigenvalue weighted by atomic mass is 16.5. The van der Waals surface area contributed by atoms with Crippen molar-refractivity contribution in [1.29, 1.82) is 0 Å². The van der Waals surface area contributed by atoms with Crippen LogP contribution in [-0.2, 0) is 9.53 Å². The van der Waals surface area contributed by atoms with Crippen LogP contribution in [0, 0.1) is 0 Å². The second kappa shape index (κ2) is 7.83. The van der Waals surface area contributed by atoms with Crippen molar-refractivity contribution in [3.63, 3.8) is 0 Å². The van der Waals surface area contributed by atoms with Crippen LogP contribution in [0.4, 0.5) is 0 Å². The summed E-state index contributed by atoms with van der Waals surface area (Å²) in [5.74, 6) is 1.25.